The van der Waals surface area contributed by atoms with Crippen molar-refractivity contribution in [3.8, 4) is 0 Å². The van der Waals surface area contributed by atoms with Crippen molar-refractivity contribution in [2.24, 2.45) is 0 Å². The number of carbonyl (C=O) groups excluding carboxylic acids is 3. The number of hydrogen-bond donors (Lipinski definition) is 0. The molecule has 12 heteroatoms. The smallest absolute Gasteiger partial charge is 0.303 e. The highest BCUT2D eigenvalue weighted by atomic mass is 32.2. The molecule has 1 saturated heterocycles. The highest BCUT2D eigenvalue weighted by Gasteiger charge is 2.52. The molecule has 1 aromatic carbocycles. The molecule has 2 rings (SSSR count). The Morgan fingerprint density at radius 1 is 0.875 bits per heavy atom. The molecular weight excluding hydrogens is 448 g/mol. The van der Waals surface area contributed by atoms with Gasteiger partial charge in [0.1, 0.15) is 6.10 Å². The van der Waals surface area contributed by atoms with Crippen molar-refractivity contribution in [3.05, 3.63) is 29.8 Å². The second-order valence-corrected chi connectivity index (χ2v) is 8.67. The molecule has 0 N–H and O–H groups in total. The third-order valence-corrected chi connectivity index (χ3v) is 5.72. The van der Waals surface area contributed by atoms with Crippen LogP contribution in [0.3, 0.4) is 0 Å². The van der Waals surface area contributed by atoms with E-state index in [-0.39, 0.29) is 4.90 Å². The van der Waals surface area contributed by atoms with Crippen LogP contribution in [0.4, 0.5) is 0 Å². The Labute approximate surface area is 186 Å². The Hall–Kier alpha value is -2.54. The number of rotatable bonds is 8. The minimum absolute atomic E-state index is 0.0828. The van der Waals surface area contributed by atoms with Crippen molar-refractivity contribution in [1.29, 1.82) is 0 Å². The largest absolute Gasteiger partial charge is 0.456 e. The first-order valence-corrected chi connectivity index (χ1v) is 11.0. The summed E-state index contributed by atoms with van der Waals surface area (Å²) in [6.45, 7) is 4.55. The highest BCUT2D eigenvalue weighted by molar-refractivity contribution is 7.86. The predicted molar refractivity (Wildman–Crippen MR) is 107 cm³/mol. The van der Waals surface area contributed by atoms with Crippen molar-refractivity contribution >= 4 is 28.0 Å². The quantitative estimate of drug-likeness (QED) is 0.301. The molecule has 1 aromatic rings. The number of carbonyl (C=O) groups is 3. The van der Waals surface area contributed by atoms with E-state index in [2.05, 4.69) is 0 Å². The molecule has 32 heavy (non-hydrogen) atoms. The lowest BCUT2D eigenvalue weighted by Gasteiger charge is -2.43. The Bertz CT molecular complexity index is 925. The molecule has 2 unspecified atom stereocenters. The number of methoxy groups -OCH3 is 1. The Morgan fingerprint density at radius 2 is 1.38 bits per heavy atom. The maximum atomic E-state index is 12.6. The number of esters is 3. The number of aryl methyl sites for hydroxylation is 1. The lowest BCUT2D eigenvalue weighted by Crippen LogP contribution is -2.62. The molecule has 5 atom stereocenters. The summed E-state index contributed by atoms with van der Waals surface area (Å²) < 4.78 is 56.8. The van der Waals surface area contributed by atoms with Crippen molar-refractivity contribution in [3.63, 3.8) is 0 Å². The summed E-state index contributed by atoms with van der Waals surface area (Å²) in [7, 11) is -2.93. The van der Waals surface area contributed by atoms with Crippen LogP contribution < -0.4 is 0 Å². The third kappa shape index (κ3) is 6.73. The van der Waals surface area contributed by atoms with Gasteiger partial charge < -0.3 is 23.7 Å². The molecule has 0 saturated carbocycles. The first-order valence-electron chi connectivity index (χ1n) is 9.60. The molecule has 1 heterocycles. The van der Waals surface area contributed by atoms with E-state index in [1.54, 1.807) is 19.1 Å². The van der Waals surface area contributed by atoms with Crippen LogP contribution in [-0.4, -0.2) is 70.7 Å². The molecule has 0 amide bonds. The van der Waals surface area contributed by atoms with Crippen LogP contribution in [0, 0.1) is 6.92 Å². The standard InChI is InChI=1S/C20H26O11S/c1-11-6-8-15(9-7-11)32(24,25)27-10-16-17(28-12(2)21)18(29-13(3)22)19(30-14(4)23)20(26-5)31-16/h6-9,16-20H,10H2,1-5H3/t16?,17-,18+,19-,20?/m1/s1. The van der Waals surface area contributed by atoms with E-state index in [1.165, 1.54) is 19.2 Å². The first kappa shape index (κ1) is 25.7. The van der Waals surface area contributed by atoms with Crippen molar-refractivity contribution in [2.75, 3.05) is 13.7 Å². The molecule has 0 bridgehead atoms. The minimum Gasteiger partial charge on any atom is -0.456 e. The van der Waals surface area contributed by atoms with Crippen LogP contribution in [-0.2, 0) is 52.4 Å². The molecule has 0 spiro atoms. The van der Waals surface area contributed by atoms with E-state index in [0.29, 0.717) is 0 Å². The number of benzene rings is 1. The van der Waals surface area contributed by atoms with E-state index >= 15 is 0 Å². The first-order chi connectivity index (χ1) is 14.9. The maximum Gasteiger partial charge on any atom is 0.303 e. The Morgan fingerprint density at radius 3 is 1.88 bits per heavy atom. The van der Waals surface area contributed by atoms with Crippen LogP contribution in [0.5, 0.6) is 0 Å². The summed E-state index contributed by atoms with van der Waals surface area (Å²) in [5.74, 6) is -2.25. The molecule has 1 fully saturated rings. The molecular formula is C20H26O11S. The summed E-state index contributed by atoms with van der Waals surface area (Å²) in [5, 5.41) is 0. The lowest BCUT2D eigenvalue weighted by molar-refractivity contribution is -0.300. The van der Waals surface area contributed by atoms with Gasteiger partial charge in [-0.05, 0) is 19.1 Å². The van der Waals surface area contributed by atoms with Gasteiger partial charge in [-0.15, -0.1) is 0 Å². The second-order valence-electron chi connectivity index (χ2n) is 7.05. The predicted octanol–water partition coefficient (Wildman–Crippen LogP) is 0.867. The second kappa shape index (κ2) is 10.9. The van der Waals surface area contributed by atoms with Gasteiger partial charge in [0.25, 0.3) is 10.1 Å². The summed E-state index contributed by atoms with van der Waals surface area (Å²) in [4.78, 5) is 34.9. The van der Waals surface area contributed by atoms with E-state index in [0.717, 1.165) is 26.3 Å². The fourth-order valence-electron chi connectivity index (χ4n) is 3.11. The van der Waals surface area contributed by atoms with Gasteiger partial charge in [-0.2, -0.15) is 8.42 Å². The molecule has 0 aliphatic carbocycles. The van der Waals surface area contributed by atoms with E-state index in [9.17, 15) is 22.8 Å². The number of hydrogen-bond acceptors (Lipinski definition) is 11. The van der Waals surface area contributed by atoms with Crippen LogP contribution in [0.25, 0.3) is 0 Å². The molecule has 178 valence electrons. The third-order valence-electron chi connectivity index (χ3n) is 4.43. The highest BCUT2D eigenvalue weighted by Crippen LogP contribution is 2.30. The maximum absolute atomic E-state index is 12.6. The van der Waals surface area contributed by atoms with E-state index < -0.39 is 65.3 Å². The van der Waals surface area contributed by atoms with E-state index in [4.69, 9.17) is 27.9 Å². The van der Waals surface area contributed by atoms with Gasteiger partial charge in [0, 0.05) is 27.9 Å². The average Bonchev–Trinajstić information content (AvgIpc) is 2.69. The van der Waals surface area contributed by atoms with Crippen LogP contribution in [0.2, 0.25) is 0 Å². The molecule has 11 nitrogen and oxygen atoms in total. The van der Waals surface area contributed by atoms with Crippen molar-refractivity contribution < 1.29 is 50.7 Å². The fraction of sp³-hybridized carbons (Fsp3) is 0.550. The van der Waals surface area contributed by atoms with Gasteiger partial charge >= 0.3 is 17.9 Å². The number of ether oxygens (including phenoxy) is 5. The van der Waals surface area contributed by atoms with Gasteiger partial charge in [-0.3, -0.25) is 18.6 Å². The van der Waals surface area contributed by atoms with E-state index in [1.807, 2.05) is 0 Å². The van der Waals surface area contributed by atoms with Crippen LogP contribution >= 0.6 is 0 Å². The minimum atomic E-state index is -4.18. The van der Waals surface area contributed by atoms with Gasteiger partial charge in [-0.25, -0.2) is 0 Å². The van der Waals surface area contributed by atoms with Crippen LogP contribution in [0.15, 0.2) is 29.2 Å². The Kier molecular flexibility index (Phi) is 8.73. The molecule has 0 aromatic heterocycles. The zero-order valence-electron chi connectivity index (χ0n) is 18.3. The summed E-state index contributed by atoms with van der Waals surface area (Å²) in [5.41, 5.74) is 0.859. The van der Waals surface area contributed by atoms with Crippen LogP contribution in [0.1, 0.15) is 26.3 Å². The fourth-order valence-corrected chi connectivity index (χ4v) is 4.03. The topological polar surface area (TPSA) is 141 Å². The molecule has 1 aliphatic rings. The molecule has 0 radical (unpaired) electrons. The monoisotopic (exact) mass is 474 g/mol. The van der Waals surface area contributed by atoms with Gasteiger partial charge in [-0.1, -0.05) is 17.7 Å². The van der Waals surface area contributed by atoms with Gasteiger partial charge in [0.15, 0.2) is 24.6 Å². The van der Waals surface area contributed by atoms with Gasteiger partial charge in [0.05, 0.1) is 11.5 Å². The lowest BCUT2D eigenvalue weighted by atomic mass is 9.98. The average molecular weight is 474 g/mol. The van der Waals surface area contributed by atoms with Crippen molar-refractivity contribution in [1.82, 2.24) is 0 Å². The summed E-state index contributed by atoms with van der Waals surface area (Å²) >= 11 is 0. The zero-order valence-corrected chi connectivity index (χ0v) is 19.1. The Balaban J connectivity index is 2.33. The van der Waals surface area contributed by atoms with Gasteiger partial charge in [0.2, 0.25) is 0 Å². The molecule has 1 aliphatic heterocycles. The normalized spacial score (nSPS) is 25.6. The summed E-state index contributed by atoms with van der Waals surface area (Å²) in [6, 6.07) is 5.98. The van der Waals surface area contributed by atoms with Crippen molar-refractivity contribution in [2.45, 2.75) is 63.3 Å². The SMILES string of the molecule is COC1OC(COS(=O)(=O)c2ccc(C)cc2)[C@@H](OC(C)=O)[C@H](OC(C)=O)[C@H]1OC(C)=O. The summed E-state index contributed by atoms with van der Waals surface area (Å²) in [6.07, 6.45) is -6.46. The zero-order chi connectivity index (χ0) is 24.1.